The fourth-order valence-corrected chi connectivity index (χ4v) is 5.98. The van der Waals surface area contributed by atoms with E-state index in [9.17, 15) is 13.9 Å². The van der Waals surface area contributed by atoms with Gasteiger partial charge in [0.25, 0.3) is 0 Å². The molecule has 0 radical (unpaired) electrons. The van der Waals surface area contributed by atoms with Gasteiger partial charge in [0.2, 0.25) is 0 Å². The SMILES string of the molecule is N#Cc1ccc(N2CCN(c3ccc(-c4ccc(C(F)(F)[C@]5(O)Cn6nnnc6-c6cc(F)ccc65)nc4)cc3)CC2)cc1F. The molecule has 0 unspecified atom stereocenters. The van der Waals surface area contributed by atoms with Crippen LogP contribution in [0.4, 0.5) is 28.9 Å². The molecule has 2 aromatic heterocycles. The first-order valence-electron chi connectivity index (χ1n) is 14.1. The van der Waals surface area contributed by atoms with Crippen molar-refractivity contribution >= 4 is 11.4 Å². The average Bonchev–Trinajstić information content (AvgIpc) is 3.53. The number of hydrogen-bond donors (Lipinski definition) is 1. The lowest BCUT2D eigenvalue weighted by Crippen LogP contribution is -2.49. The molecule has 226 valence electrons. The lowest BCUT2D eigenvalue weighted by Gasteiger charge is -2.39. The van der Waals surface area contributed by atoms with E-state index in [1.807, 2.05) is 30.3 Å². The first kappa shape index (κ1) is 28.4. The number of nitrogens with zero attached hydrogens (tertiary/aromatic N) is 8. The number of nitriles is 1. The monoisotopic (exact) mass is 612 g/mol. The van der Waals surface area contributed by atoms with Crippen LogP contribution in [0, 0.1) is 23.0 Å². The Morgan fingerprint density at radius 3 is 2.20 bits per heavy atom. The highest BCUT2D eigenvalue weighted by Crippen LogP contribution is 2.50. The van der Waals surface area contributed by atoms with E-state index in [1.165, 1.54) is 30.5 Å². The highest BCUT2D eigenvalue weighted by molar-refractivity contribution is 5.67. The van der Waals surface area contributed by atoms with Crippen LogP contribution in [0.3, 0.4) is 0 Å². The topological polar surface area (TPSA) is 107 Å². The van der Waals surface area contributed by atoms with Gasteiger partial charge < -0.3 is 14.9 Å². The number of rotatable bonds is 5. The molecule has 1 N–H and O–H groups in total. The largest absolute Gasteiger partial charge is 0.377 e. The van der Waals surface area contributed by atoms with Gasteiger partial charge in [0, 0.05) is 60.4 Å². The molecule has 1 atom stereocenters. The average molecular weight is 613 g/mol. The molecule has 4 heterocycles. The number of fused-ring (bicyclic) bond motifs is 3. The quantitative estimate of drug-likeness (QED) is 0.280. The van der Waals surface area contributed by atoms with Crippen molar-refractivity contribution in [3.63, 3.8) is 0 Å². The minimum Gasteiger partial charge on any atom is -0.377 e. The molecule has 1 fully saturated rings. The maximum atomic E-state index is 16.1. The van der Waals surface area contributed by atoms with Crippen LogP contribution < -0.4 is 9.80 Å². The molecule has 0 aliphatic carbocycles. The summed E-state index contributed by atoms with van der Waals surface area (Å²) in [5.41, 5.74) is -0.543. The molecule has 0 spiro atoms. The number of anilines is 2. The summed E-state index contributed by atoms with van der Waals surface area (Å²) in [5, 5.41) is 31.4. The second-order valence-corrected chi connectivity index (χ2v) is 11.0. The summed E-state index contributed by atoms with van der Waals surface area (Å²) in [6.07, 6.45) is 1.33. The van der Waals surface area contributed by atoms with Gasteiger partial charge >= 0.3 is 5.92 Å². The first-order chi connectivity index (χ1) is 21.7. The molecule has 2 aliphatic heterocycles. The third-order valence-electron chi connectivity index (χ3n) is 8.47. The van der Waals surface area contributed by atoms with Crippen LogP contribution >= 0.6 is 0 Å². The number of benzene rings is 3. The zero-order valence-corrected chi connectivity index (χ0v) is 23.6. The van der Waals surface area contributed by atoms with Crippen molar-refractivity contribution in [2.45, 2.75) is 18.1 Å². The predicted molar refractivity (Wildman–Crippen MR) is 156 cm³/mol. The number of aromatic nitrogens is 5. The summed E-state index contributed by atoms with van der Waals surface area (Å²) < 4.78 is 61.3. The molecule has 7 rings (SSSR count). The molecule has 3 aromatic carbocycles. The molecule has 45 heavy (non-hydrogen) atoms. The molecule has 13 heteroatoms. The van der Waals surface area contributed by atoms with Gasteiger partial charge in [0.05, 0.1) is 12.1 Å². The Hall–Kier alpha value is -5.35. The zero-order valence-electron chi connectivity index (χ0n) is 23.6. The van der Waals surface area contributed by atoms with Crippen LogP contribution in [0.2, 0.25) is 0 Å². The third kappa shape index (κ3) is 4.74. The number of tetrazole rings is 1. The predicted octanol–water partition coefficient (Wildman–Crippen LogP) is 4.87. The van der Waals surface area contributed by atoms with Gasteiger partial charge in [-0.05, 0) is 64.5 Å². The number of piperazine rings is 1. The van der Waals surface area contributed by atoms with Crippen molar-refractivity contribution in [2.75, 3.05) is 36.0 Å². The molecule has 0 saturated carbocycles. The van der Waals surface area contributed by atoms with E-state index in [2.05, 4.69) is 30.3 Å². The normalized spacial score (nSPS) is 17.9. The van der Waals surface area contributed by atoms with Crippen molar-refractivity contribution in [2.24, 2.45) is 0 Å². The molecule has 1 saturated heterocycles. The summed E-state index contributed by atoms with van der Waals surface area (Å²) in [4.78, 5) is 8.31. The number of hydrogen-bond acceptors (Lipinski definition) is 8. The second-order valence-electron chi connectivity index (χ2n) is 11.0. The Labute approximate surface area is 254 Å². The van der Waals surface area contributed by atoms with Crippen molar-refractivity contribution in [1.82, 2.24) is 25.2 Å². The molecule has 9 nitrogen and oxygen atoms in total. The van der Waals surface area contributed by atoms with Crippen LogP contribution in [0.25, 0.3) is 22.5 Å². The Morgan fingerprint density at radius 2 is 1.53 bits per heavy atom. The summed E-state index contributed by atoms with van der Waals surface area (Å²) >= 11 is 0. The standard InChI is InChI=1S/C32H24F4N8O/c33-23-5-9-27-26(15-23)30-39-40-41-44(30)19-31(27,45)32(35,36)29-10-4-22(18-38-29)20-1-6-24(7-2-20)42-11-13-43(14-12-42)25-8-3-21(17-37)28(34)16-25/h1-10,15-16,18,45H,11-14,19H2/t31-/m0/s1. The van der Waals surface area contributed by atoms with Crippen molar-refractivity contribution in [1.29, 1.82) is 5.26 Å². The molecule has 0 bridgehead atoms. The van der Waals surface area contributed by atoms with E-state index >= 15 is 8.78 Å². The third-order valence-corrected chi connectivity index (χ3v) is 8.47. The maximum absolute atomic E-state index is 16.1. The fourth-order valence-electron chi connectivity index (χ4n) is 5.98. The van der Waals surface area contributed by atoms with Gasteiger partial charge in [-0.1, -0.05) is 24.3 Å². The summed E-state index contributed by atoms with van der Waals surface area (Å²) in [6.45, 7) is 2.11. The van der Waals surface area contributed by atoms with E-state index in [1.54, 1.807) is 6.07 Å². The second kappa shape index (κ2) is 10.7. The van der Waals surface area contributed by atoms with Crippen molar-refractivity contribution in [3.05, 3.63) is 107 Å². The van der Waals surface area contributed by atoms with E-state index in [-0.39, 0.29) is 22.5 Å². The Balaban J connectivity index is 1.06. The minimum atomic E-state index is -3.88. The van der Waals surface area contributed by atoms with E-state index < -0.39 is 35.4 Å². The van der Waals surface area contributed by atoms with Gasteiger partial charge in [-0.3, -0.25) is 4.98 Å². The molecule has 2 aliphatic rings. The molecular weight excluding hydrogens is 588 g/mol. The lowest BCUT2D eigenvalue weighted by atomic mass is 9.80. The van der Waals surface area contributed by atoms with Crippen LogP contribution in [0.5, 0.6) is 0 Å². The maximum Gasteiger partial charge on any atom is 0.323 e. The van der Waals surface area contributed by atoms with Gasteiger partial charge in [0.15, 0.2) is 11.4 Å². The van der Waals surface area contributed by atoms with E-state index in [0.717, 1.165) is 39.8 Å². The fraction of sp³-hybridized carbons (Fsp3) is 0.219. The van der Waals surface area contributed by atoms with E-state index in [0.29, 0.717) is 31.7 Å². The van der Waals surface area contributed by atoms with Crippen LogP contribution in [0.15, 0.2) is 79.0 Å². The van der Waals surface area contributed by atoms with Crippen LogP contribution in [-0.2, 0) is 18.1 Å². The lowest BCUT2D eigenvalue weighted by molar-refractivity contribution is -0.207. The highest BCUT2D eigenvalue weighted by atomic mass is 19.3. The molecule has 5 aromatic rings. The Bertz CT molecular complexity index is 1930. The van der Waals surface area contributed by atoms with Gasteiger partial charge in [-0.25, -0.2) is 13.5 Å². The van der Waals surface area contributed by atoms with E-state index in [4.69, 9.17) is 5.26 Å². The molecular formula is C32H24F4N8O. The Kier molecular flexibility index (Phi) is 6.74. The number of aliphatic hydroxyl groups is 1. The first-order valence-corrected chi connectivity index (χ1v) is 14.1. The number of halogens is 4. The number of alkyl halides is 2. The van der Waals surface area contributed by atoms with Crippen molar-refractivity contribution in [3.8, 4) is 28.6 Å². The molecule has 0 amide bonds. The Morgan fingerprint density at radius 1 is 0.844 bits per heavy atom. The highest BCUT2D eigenvalue weighted by Gasteiger charge is 2.59. The van der Waals surface area contributed by atoms with Gasteiger partial charge in [-0.2, -0.15) is 14.0 Å². The summed E-state index contributed by atoms with van der Waals surface area (Å²) in [5.74, 6) is -5.00. The number of pyridine rings is 1. The summed E-state index contributed by atoms with van der Waals surface area (Å²) in [7, 11) is 0. The minimum absolute atomic E-state index is 0.0187. The van der Waals surface area contributed by atoms with Crippen molar-refractivity contribution < 1.29 is 22.7 Å². The van der Waals surface area contributed by atoms with Crippen LogP contribution in [-0.4, -0.2) is 56.5 Å². The van der Waals surface area contributed by atoms with Gasteiger partial charge in [0.1, 0.15) is 23.4 Å². The summed E-state index contributed by atoms with van der Waals surface area (Å²) in [6, 6.07) is 20.0. The van der Waals surface area contributed by atoms with Crippen LogP contribution in [0.1, 0.15) is 16.8 Å². The van der Waals surface area contributed by atoms with Gasteiger partial charge in [-0.15, -0.1) is 5.10 Å². The zero-order chi connectivity index (χ0) is 31.3. The smallest absolute Gasteiger partial charge is 0.323 e.